The van der Waals surface area contributed by atoms with Crippen LogP contribution >= 0.6 is 0 Å². The monoisotopic (exact) mass is 163 g/mol. The minimum atomic E-state index is -0.607. The summed E-state index contributed by atoms with van der Waals surface area (Å²) in [6, 6.07) is 7.18. The van der Waals surface area contributed by atoms with Gasteiger partial charge < -0.3 is 5.11 Å². The topological polar surface area (TPSA) is 43.7 Å². The van der Waals surface area contributed by atoms with Crippen molar-refractivity contribution < 1.29 is 10.3 Å². The average molecular weight is 163 g/mol. The highest BCUT2D eigenvalue weighted by Gasteiger charge is 2.16. The summed E-state index contributed by atoms with van der Waals surface area (Å²) in [6.45, 7) is 0. The van der Waals surface area contributed by atoms with E-state index in [1.165, 1.54) is 12.3 Å². The Morgan fingerprint density at radius 3 is 2.75 bits per heavy atom. The number of rotatable bonds is 0. The van der Waals surface area contributed by atoms with Gasteiger partial charge in [0.15, 0.2) is 0 Å². The van der Waals surface area contributed by atoms with E-state index in [2.05, 4.69) is 0 Å². The van der Waals surface area contributed by atoms with Crippen molar-refractivity contribution in [3.8, 4) is 0 Å². The first-order valence-electron chi connectivity index (χ1n) is 3.72. The van der Waals surface area contributed by atoms with Crippen molar-refractivity contribution in [1.82, 2.24) is 0 Å². The molecule has 1 unspecified atom stereocenters. The van der Waals surface area contributed by atoms with Gasteiger partial charge in [-0.3, -0.25) is 5.21 Å². The average Bonchev–Trinajstić information content (AvgIpc) is 2.12. The maximum absolute atomic E-state index is 9.45. The predicted octanol–water partition coefficient (Wildman–Crippen LogP) is 1.44. The molecule has 0 amide bonds. The highest BCUT2D eigenvalue weighted by atomic mass is 16.5. The van der Waals surface area contributed by atoms with Crippen LogP contribution in [0.1, 0.15) is 11.7 Å². The molecule has 1 aliphatic heterocycles. The Kier molecular flexibility index (Phi) is 1.60. The van der Waals surface area contributed by atoms with Crippen LogP contribution in [0.2, 0.25) is 0 Å². The van der Waals surface area contributed by atoms with Gasteiger partial charge in [-0.2, -0.15) is 0 Å². The molecule has 2 N–H and O–H groups in total. The second-order valence-corrected chi connectivity index (χ2v) is 2.69. The van der Waals surface area contributed by atoms with Gasteiger partial charge in [-0.05, 0) is 12.1 Å². The molecule has 3 heteroatoms. The van der Waals surface area contributed by atoms with Crippen LogP contribution in [-0.4, -0.2) is 10.3 Å². The third-order valence-corrected chi connectivity index (χ3v) is 1.91. The van der Waals surface area contributed by atoms with Gasteiger partial charge in [0, 0.05) is 11.8 Å². The lowest BCUT2D eigenvalue weighted by atomic mass is 10.0. The Bertz CT molecular complexity index is 291. The Balaban J connectivity index is 2.54. The van der Waals surface area contributed by atoms with Crippen LogP contribution in [0.25, 0.3) is 0 Å². The van der Waals surface area contributed by atoms with Crippen LogP contribution in [0.4, 0.5) is 5.69 Å². The Hall–Kier alpha value is -1.32. The normalized spacial score (nSPS) is 20.8. The van der Waals surface area contributed by atoms with Crippen molar-refractivity contribution in [2.24, 2.45) is 0 Å². The van der Waals surface area contributed by atoms with Crippen molar-refractivity contribution in [2.45, 2.75) is 6.10 Å². The quantitative estimate of drug-likeness (QED) is 0.608. The van der Waals surface area contributed by atoms with Crippen molar-refractivity contribution in [3.63, 3.8) is 0 Å². The van der Waals surface area contributed by atoms with E-state index < -0.39 is 6.10 Å². The number of aliphatic hydroxyl groups is 1. The van der Waals surface area contributed by atoms with Gasteiger partial charge in [-0.1, -0.05) is 18.2 Å². The number of anilines is 1. The standard InChI is InChI=1S/C9H9NO2/c11-9-5-6-10(12)8-4-2-1-3-7(8)9/h1-6,9,11-12H. The molecule has 3 nitrogen and oxygen atoms in total. The second kappa shape index (κ2) is 2.62. The first kappa shape index (κ1) is 7.34. The molecule has 0 fully saturated rings. The molecule has 0 bridgehead atoms. The maximum atomic E-state index is 9.45. The summed E-state index contributed by atoms with van der Waals surface area (Å²) < 4.78 is 0. The van der Waals surface area contributed by atoms with E-state index >= 15 is 0 Å². The molecule has 1 aromatic rings. The molecule has 1 atom stereocenters. The van der Waals surface area contributed by atoms with Gasteiger partial charge in [0.25, 0.3) is 0 Å². The summed E-state index contributed by atoms with van der Waals surface area (Å²) in [6.07, 6.45) is 2.36. The Labute approximate surface area is 70.1 Å². The summed E-state index contributed by atoms with van der Waals surface area (Å²) in [7, 11) is 0. The smallest absolute Gasteiger partial charge is 0.101 e. The van der Waals surface area contributed by atoms with Crippen molar-refractivity contribution >= 4 is 5.69 Å². The highest BCUT2D eigenvalue weighted by molar-refractivity contribution is 5.57. The van der Waals surface area contributed by atoms with Crippen molar-refractivity contribution in [1.29, 1.82) is 0 Å². The van der Waals surface area contributed by atoms with Crippen LogP contribution in [0.15, 0.2) is 36.5 Å². The Morgan fingerprint density at radius 2 is 2.00 bits per heavy atom. The van der Waals surface area contributed by atoms with Gasteiger partial charge in [-0.15, -0.1) is 0 Å². The molecule has 12 heavy (non-hydrogen) atoms. The van der Waals surface area contributed by atoms with E-state index in [0.717, 1.165) is 10.6 Å². The van der Waals surface area contributed by atoms with Gasteiger partial charge in [0.2, 0.25) is 0 Å². The van der Waals surface area contributed by atoms with Gasteiger partial charge in [-0.25, -0.2) is 5.06 Å². The minimum absolute atomic E-state index is 0.607. The fourth-order valence-corrected chi connectivity index (χ4v) is 1.29. The number of hydrogen-bond acceptors (Lipinski definition) is 3. The van der Waals surface area contributed by atoms with Gasteiger partial charge >= 0.3 is 0 Å². The summed E-state index contributed by atoms with van der Waals surface area (Å²) in [5.41, 5.74) is 1.36. The van der Waals surface area contributed by atoms with Crippen molar-refractivity contribution in [2.75, 3.05) is 5.06 Å². The molecule has 62 valence electrons. The molecule has 1 aliphatic rings. The van der Waals surface area contributed by atoms with E-state index in [-0.39, 0.29) is 0 Å². The molecule has 0 aromatic heterocycles. The van der Waals surface area contributed by atoms with Gasteiger partial charge in [0.05, 0.1) is 5.69 Å². The fraction of sp³-hybridized carbons (Fsp3) is 0.111. The predicted molar refractivity (Wildman–Crippen MR) is 44.8 cm³/mol. The fourth-order valence-electron chi connectivity index (χ4n) is 1.29. The zero-order valence-corrected chi connectivity index (χ0v) is 6.38. The number of aliphatic hydroxyl groups excluding tert-OH is 1. The number of para-hydroxylation sites is 1. The lowest BCUT2D eigenvalue weighted by Gasteiger charge is -2.22. The van der Waals surface area contributed by atoms with E-state index in [0.29, 0.717) is 5.69 Å². The largest absolute Gasteiger partial charge is 0.384 e. The summed E-state index contributed by atoms with van der Waals surface area (Å²) in [4.78, 5) is 0. The number of benzene rings is 1. The van der Waals surface area contributed by atoms with Crippen LogP contribution in [0, 0.1) is 0 Å². The number of nitrogens with zero attached hydrogens (tertiary/aromatic N) is 1. The molecule has 2 rings (SSSR count). The summed E-state index contributed by atoms with van der Waals surface area (Å²) in [5.74, 6) is 0. The van der Waals surface area contributed by atoms with Gasteiger partial charge in [0.1, 0.15) is 6.10 Å². The zero-order chi connectivity index (χ0) is 8.55. The third kappa shape index (κ3) is 0.995. The molecular weight excluding hydrogens is 154 g/mol. The third-order valence-electron chi connectivity index (χ3n) is 1.91. The summed E-state index contributed by atoms with van der Waals surface area (Å²) in [5, 5.41) is 19.8. The van der Waals surface area contributed by atoms with E-state index in [4.69, 9.17) is 0 Å². The molecular formula is C9H9NO2. The zero-order valence-electron chi connectivity index (χ0n) is 6.38. The van der Waals surface area contributed by atoms with Crippen LogP contribution in [0.5, 0.6) is 0 Å². The highest BCUT2D eigenvalue weighted by Crippen LogP contribution is 2.29. The second-order valence-electron chi connectivity index (χ2n) is 2.69. The van der Waals surface area contributed by atoms with E-state index in [1.807, 2.05) is 12.1 Å². The molecule has 0 aliphatic carbocycles. The minimum Gasteiger partial charge on any atom is -0.384 e. The molecule has 1 heterocycles. The first-order valence-corrected chi connectivity index (χ1v) is 3.72. The lowest BCUT2D eigenvalue weighted by molar-refractivity contribution is 0.215. The van der Waals surface area contributed by atoms with Crippen LogP contribution in [-0.2, 0) is 0 Å². The Morgan fingerprint density at radius 1 is 1.25 bits per heavy atom. The summed E-state index contributed by atoms with van der Waals surface area (Å²) >= 11 is 0. The molecule has 0 spiro atoms. The lowest BCUT2D eigenvalue weighted by Crippen LogP contribution is -2.16. The van der Waals surface area contributed by atoms with E-state index in [9.17, 15) is 10.3 Å². The first-order chi connectivity index (χ1) is 5.79. The van der Waals surface area contributed by atoms with Crippen molar-refractivity contribution in [3.05, 3.63) is 42.1 Å². The molecule has 0 radical (unpaired) electrons. The number of fused-ring (bicyclic) bond motifs is 1. The van der Waals surface area contributed by atoms with Crippen LogP contribution in [0.3, 0.4) is 0 Å². The van der Waals surface area contributed by atoms with Crippen LogP contribution < -0.4 is 5.06 Å². The number of hydrogen-bond donors (Lipinski definition) is 2. The maximum Gasteiger partial charge on any atom is 0.101 e. The molecule has 1 aromatic carbocycles. The SMILES string of the molecule is OC1C=CN(O)c2ccccc21. The molecule has 0 saturated carbocycles. The number of hydroxylamine groups is 1. The van der Waals surface area contributed by atoms with E-state index in [1.54, 1.807) is 12.1 Å². The molecule has 0 saturated heterocycles.